The molecule has 0 saturated carbocycles. The maximum absolute atomic E-state index is 9.94. The van der Waals surface area contributed by atoms with E-state index in [1.807, 2.05) is 23.9 Å². The van der Waals surface area contributed by atoms with Crippen molar-refractivity contribution >= 4 is 11.8 Å². The number of phenolic OH excluding ortho intramolecular Hbond substituents is 1. The molecule has 1 atom stereocenters. The first-order valence-corrected chi connectivity index (χ1v) is 9.94. The molecule has 24 heavy (non-hydrogen) atoms. The van der Waals surface area contributed by atoms with Crippen LogP contribution in [0.3, 0.4) is 0 Å². The number of benzene rings is 2. The molecule has 3 rings (SSSR count). The summed E-state index contributed by atoms with van der Waals surface area (Å²) in [7, 11) is 0. The third kappa shape index (κ3) is 3.62. The lowest BCUT2D eigenvalue weighted by Crippen LogP contribution is -2.48. The van der Waals surface area contributed by atoms with E-state index >= 15 is 0 Å². The summed E-state index contributed by atoms with van der Waals surface area (Å²) in [5, 5.41) is 14.0. The summed E-state index contributed by atoms with van der Waals surface area (Å²) in [6.07, 6.45) is 4.71. The van der Waals surface area contributed by atoms with Crippen molar-refractivity contribution in [2.75, 3.05) is 5.75 Å². The van der Waals surface area contributed by atoms with Crippen LogP contribution in [0.5, 0.6) is 5.75 Å². The molecule has 1 aliphatic heterocycles. The minimum Gasteiger partial charge on any atom is -0.508 e. The summed E-state index contributed by atoms with van der Waals surface area (Å²) in [6, 6.07) is 16.7. The van der Waals surface area contributed by atoms with Gasteiger partial charge >= 0.3 is 0 Å². The molecule has 0 aliphatic carbocycles. The maximum atomic E-state index is 9.94. The summed E-state index contributed by atoms with van der Waals surface area (Å²) < 4.78 is 0. The molecule has 0 aromatic heterocycles. The average molecular weight is 342 g/mol. The Bertz CT molecular complexity index is 665. The van der Waals surface area contributed by atoms with Crippen molar-refractivity contribution in [3.63, 3.8) is 0 Å². The molecule has 2 nitrogen and oxygen atoms in total. The molecule has 0 radical (unpaired) electrons. The molecular weight excluding hydrogens is 314 g/mol. The van der Waals surface area contributed by atoms with Crippen molar-refractivity contribution < 1.29 is 5.11 Å². The summed E-state index contributed by atoms with van der Waals surface area (Å²) >= 11 is 1.89. The summed E-state index contributed by atoms with van der Waals surface area (Å²) in [5.41, 5.74) is 2.71. The van der Waals surface area contributed by atoms with Gasteiger partial charge in [-0.15, -0.1) is 11.8 Å². The van der Waals surface area contributed by atoms with E-state index in [9.17, 15) is 5.11 Å². The van der Waals surface area contributed by atoms with Crippen molar-refractivity contribution in [1.82, 2.24) is 5.32 Å². The minimum atomic E-state index is 0.142. The highest BCUT2D eigenvalue weighted by molar-refractivity contribution is 7.99. The fraction of sp³-hybridized carbons (Fsp3) is 0.429. The van der Waals surface area contributed by atoms with E-state index in [2.05, 4.69) is 55.6 Å². The van der Waals surface area contributed by atoms with Gasteiger partial charge in [0.2, 0.25) is 0 Å². The Morgan fingerprint density at radius 1 is 1.08 bits per heavy atom. The molecular formula is C21H27NOS. The Kier molecular flexibility index (Phi) is 5.52. The molecule has 0 bridgehead atoms. The van der Waals surface area contributed by atoms with Gasteiger partial charge in [-0.3, -0.25) is 5.32 Å². The highest BCUT2D eigenvalue weighted by atomic mass is 32.2. The smallest absolute Gasteiger partial charge is 0.116 e. The Labute approximate surface area is 149 Å². The van der Waals surface area contributed by atoms with Gasteiger partial charge in [-0.05, 0) is 36.1 Å². The quantitative estimate of drug-likeness (QED) is 0.751. The Morgan fingerprint density at radius 2 is 1.79 bits per heavy atom. The van der Waals surface area contributed by atoms with Crippen LogP contribution in [-0.2, 0) is 0 Å². The van der Waals surface area contributed by atoms with Crippen LogP contribution in [0.1, 0.15) is 56.7 Å². The van der Waals surface area contributed by atoms with Gasteiger partial charge in [0.1, 0.15) is 5.75 Å². The lowest BCUT2D eigenvalue weighted by atomic mass is 9.87. The summed E-state index contributed by atoms with van der Waals surface area (Å²) in [6.45, 7) is 4.54. The highest BCUT2D eigenvalue weighted by Crippen LogP contribution is 2.42. The van der Waals surface area contributed by atoms with Crippen molar-refractivity contribution in [1.29, 1.82) is 0 Å². The number of fused-ring (bicyclic) bond motifs is 1. The number of hydrogen-bond donors (Lipinski definition) is 2. The van der Waals surface area contributed by atoms with E-state index in [1.54, 1.807) is 0 Å². The first-order valence-electron chi connectivity index (χ1n) is 8.96. The average Bonchev–Trinajstić information content (AvgIpc) is 2.74. The number of hydrogen-bond acceptors (Lipinski definition) is 3. The summed E-state index contributed by atoms with van der Waals surface area (Å²) in [4.78, 5) is 1.20. The van der Waals surface area contributed by atoms with Gasteiger partial charge in [0.05, 0.1) is 6.04 Å². The van der Waals surface area contributed by atoms with E-state index in [4.69, 9.17) is 0 Å². The van der Waals surface area contributed by atoms with Crippen LogP contribution < -0.4 is 5.32 Å². The van der Waals surface area contributed by atoms with Gasteiger partial charge < -0.3 is 5.11 Å². The van der Waals surface area contributed by atoms with Crippen molar-refractivity contribution in [3.8, 4) is 5.75 Å². The SMILES string of the molecule is CCCC1(CCC)CSc2cc(O)ccc2C(c2ccccc2)N1. The topological polar surface area (TPSA) is 32.3 Å². The van der Waals surface area contributed by atoms with Gasteiger partial charge in [-0.25, -0.2) is 0 Å². The van der Waals surface area contributed by atoms with Gasteiger partial charge in [0, 0.05) is 16.2 Å². The zero-order chi connectivity index (χ0) is 17.0. The number of aromatic hydroxyl groups is 1. The second-order valence-corrected chi connectivity index (χ2v) is 7.80. The lowest BCUT2D eigenvalue weighted by molar-refractivity contribution is 0.290. The molecule has 1 aliphatic rings. The molecule has 2 aromatic carbocycles. The van der Waals surface area contributed by atoms with Crippen LogP contribution in [0.15, 0.2) is 53.4 Å². The van der Waals surface area contributed by atoms with Crippen molar-refractivity contribution in [2.45, 2.75) is 56.0 Å². The Morgan fingerprint density at radius 3 is 2.46 bits per heavy atom. The first-order chi connectivity index (χ1) is 11.7. The standard InChI is InChI=1S/C21H27NOS/c1-3-12-21(13-4-2)15-24-19-14-17(23)10-11-18(19)20(22-21)16-8-6-5-7-9-16/h5-11,14,20,22-23H,3-4,12-13,15H2,1-2H3. The Hall–Kier alpha value is -1.45. The maximum Gasteiger partial charge on any atom is 0.116 e. The molecule has 0 saturated heterocycles. The molecule has 0 spiro atoms. The lowest BCUT2D eigenvalue weighted by Gasteiger charge is -2.36. The van der Waals surface area contributed by atoms with Gasteiger partial charge in [0.15, 0.2) is 0 Å². The first kappa shape index (κ1) is 17.4. The molecule has 2 aromatic rings. The summed E-state index contributed by atoms with van der Waals surface area (Å²) in [5.74, 6) is 1.40. The van der Waals surface area contributed by atoms with E-state index in [0.717, 1.165) is 5.75 Å². The minimum absolute atomic E-state index is 0.142. The molecule has 3 heteroatoms. The predicted octanol–water partition coefficient (Wildman–Crippen LogP) is 5.52. The van der Waals surface area contributed by atoms with Crippen molar-refractivity contribution in [3.05, 3.63) is 59.7 Å². The van der Waals surface area contributed by atoms with E-state index < -0.39 is 0 Å². The van der Waals surface area contributed by atoms with E-state index in [0.29, 0.717) is 5.75 Å². The van der Waals surface area contributed by atoms with E-state index in [-0.39, 0.29) is 11.6 Å². The fourth-order valence-corrected chi connectivity index (χ4v) is 5.17. The zero-order valence-corrected chi connectivity index (χ0v) is 15.4. The third-order valence-electron chi connectivity index (χ3n) is 4.85. The molecule has 128 valence electrons. The second kappa shape index (κ2) is 7.62. The molecule has 0 fully saturated rings. The zero-order valence-electron chi connectivity index (χ0n) is 14.6. The van der Waals surface area contributed by atoms with Crippen LogP contribution in [0.2, 0.25) is 0 Å². The molecule has 0 amide bonds. The largest absolute Gasteiger partial charge is 0.508 e. The van der Waals surface area contributed by atoms with Crippen LogP contribution in [0, 0.1) is 0 Å². The van der Waals surface area contributed by atoms with Crippen LogP contribution in [-0.4, -0.2) is 16.4 Å². The number of phenols is 1. The van der Waals surface area contributed by atoms with Crippen molar-refractivity contribution in [2.24, 2.45) is 0 Å². The van der Waals surface area contributed by atoms with Gasteiger partial charge in [-0.2, -0.15) is 0 Å². The molecule has 2 N–H and O–H groups in total. The number of nitrogens with one attached hydrogen (secondary N) is 1. The van der Waals surface area contributed by atoms with E-state index in [1.165, 1.54) is 41.7 Å². The van der Waals surface area contributed by atoms with Crippen LogP contribution in [0.4, 0.5) is 0 Å². The van der Waals surface area contributed by atoms with Gasteiger partial charge in [-0.1, -0.05) is 63.1 Å². The third-order valence-corrected chi connectivity index (χ3v) is 6.21. The monoisotopic (exact) mass is 341 g/mol. The number of thioether (sulfide) groups is 1. The molecule has 1 unspecified atom stereocenters. The fourth-order valence-electron chi connectivity index (χ4n) is 3.81. The molecule has 1 heterocycles. The van der Waals surface area contributed by atoms with Gasteiger partial charge in [0.25, 0.3) is 0 Å². The second-order valence-electron chi connectivity index (χ2n) is 6.78. The van der Waals surface area contributed by atoms with Crippen LogP contribution >= 0.6 is 11.8 Å². The Balaban J connectivity index is 2.07. The number of rotatable bonds is 5. The predicted molar refractivity (Wildman–Crippen MR) is 103 cm³/mol. The highest BCUT2D eigenvalue weighted by Gasteiger charge is 2.35. The van der Waals surface area contributed by atoms with Crippen LogP contribution in [0.25, 0.3) is 0 Å². The normalized spacial score (nSPS) is 19.5.